The van der Waals surface area contributed by atoms with Crippen LogP contribution in [0, 0.1) is 5.41 Å². The van der Waals surface area contributed by atoms with Crippen LogP contribution in [0.25, 0.3) is 11.1 Å². The fraction of sp³-hybridized carbons (Fsp3) is 0.208. The number of ether oxygens (including phenoxy) is 1. The molecule has 0 spiro atoms. The van der Waals surface area contributed by atoms with Gasteiger partial charge < -0.3 is 15.0 Å². The number of aliphatic imine (C=N–C) groups is 1. The van der Waals surface area contributed by atoms with Crippen LogP contribution in [-0.2, 0) is 9.84 Å². The van der Waals surface area contributed by atoms with Crippen LogP contribution in [0.2, 0.25) is 0 Å². The third-order valence-corrected chi connectivity index (χ3v) is 6.94. The molecule has 1 aromatic heterocycles. The Morgan fingerprint density at radius 2 is 1.78 bits per heavy atom. The van der Waals surface area contributed by atoms with E-state index in [1.165, 1.54) is 43.3 Å². The van der Waals surface area contributed by atoms with Crippen molar-refractivity contribution < 1.29 is 31.1 Å². The van der Waals surface area contributed by atoms with Gasteiger partial charge in [-0.05, 0) is 46.8 Å². The zero-order chi connectivity index (χ0) is 26.7. The van der Waals surface area contributed by atoms with Crippen LogP contribution in [0.15, 0.2) is 69.9 Å². The number of nitrogens with zero attached hydrogens (tertiary/aromatic N) is 2. The first-order valence-electron chi connectivity index (χ1n) is 10.4. The predicted molar refractivity (Wildman–Crippen MR) is 134 cm³/mol. The Hall–Kier alpha value is -3.51. The molecule has 0 radical (unpaired) electrons. The van der Waals surface area contributed by atoms with Crippen LogP contribution in [0.1, 0.15) is 11.3 Å². The Balaban J connectivity index is 2.07. The highest BCUT2D eigenvalue weighted by Gasteiger charge is 2.35. The lowest BCUT2D eigenvalue weighted by atomic mass is 10.1. The summed E-state index contributed by atoms with van der Waals surface area (Å²) in [7, 11) is -0.490. The SMILES string of the molecule is CN(C)C(=O)Oc1ccccc1N=C(CC(=N)C(F)(F)F)c1cc(-c2cccc(S(C)(=O)=O)c2)cs1. The van der Waals surface area contributed by atoms with Gasteiger partial charge in [0.25, 0.3) is 0 Å². The fourth-order valence-corrected chi connectivity index (χ4v) is 4.53. The Bertz CT molecular complexity index is 1430. The lowest BCUT2D eigenvalue weighted by Gasteiger charge is -2.13. The van der Waals surface area contributed by atoms with Gasteiger partial charge in [-0.3, -0.25) is 0 Å². The van der Waals surface area contributed by atoms with Gasteiger partial charge in [0.05, 0.1) is 10.6 Å². The van der Waals surface area contributed by atoms with E-state index in [9.17, 15) is 26.4 Å². The number of halogens is 3. The molecule has 0 saturated heterocycles. The van der Waals surface area contributed by atoms with E-state index in [4.69, 9.17) is 10.1 Å². The maximum absolute atomic E-state index is 13.2. The number of alkyl halides is 3. The minimum absolute atomic E-state index is 0.0462. The number of nitrogens with one attached hydrogen (secondary N) is 1. The van der Waals surface area contributed by atoms with Crippen molar-refractivity contribution in [1.82, 2.24) is 4.90 Å². The van der Waals surface area contributed by atoms with E-state index in [-0.39, 0.29) is 22.0 Å². The molecule has 0 bridgehead atoms. The van der Waals surface area contributed by atoms with Crippen molar-refractivity contribution in [2.45, 2.75) is 17.5 Å². The molecular weight excluding hydrogens is 515 g/mol. The molecule has 7 nitrogen and oxygen atoms in total. The lowest BCUT2D eigenvalue weighted by Crippen LogP contribution is -2.25. The second-order valence-corrected chi connectivity index (χ2v) is 10.9. The lowest BCUT2D eigenvalue weighted by molar-refractivity contribution is -0.0605. The van der Waals surface area contributed by atoms with Crippen LogP contribution >= 0.6 is 11.3 Å². The number of hydrogen-bond donors (Lipinski definition) is 1. The second-order valence-electron chi connectivity index (χ2n) is 7.94. The first-order chi connectivity index (χ1) is 16.8. The smallest absolute Gasteiger partial charge is 0.408 e. The van der Waals surface area contributed by atoms with Gasteiger partial charge >= 0.3 is 12.3 Å². The number of amides is 1. The Kier molecular flexibility index (Phi) is 7.99. The van der Waals surface area contributed by atoms with Crippen molar-refractivity contribution in [2.24, 2.45) is 4.99 Å². The molecular formula is C24H22F3N3O4S2. The number of para-hydroxylation sites is 2. The molecule has 3 rings (SSSR count). The molecule has 0 unspecified atom stereocenters. The summed E-state index contributed by atoms with van der Waals surface area (Å²) < 4.78 is 68.8. The topological polar surface area (TPSA) is 99.9 Å². The summed E-state index contributed by atoms with van der Waals surface area (Å²) in [6.07, 6.45) is -5.27. The summed E-state index contributed by atoms with van der Waals surface area (Å²) in [5.74, 6) is 0.0462. The molecule has 0 aliphatic rings. The maximum Gasteiger partial charge on any atom is 0.429 e. The normalized spacial score (nSPS) is 12.3. The Morgan fingerprint density at radius 3 is 2.42 bits per heavy atom. The highest BCUT2D eigenvalue weighted by Crippen LogP contribution is 2.33. The molecule has 1 N–H and O–H groups in total. The standard InChI is InChI=1S/C24H22F3N3O4S2/c1-30(2)23(31)34-20-10-5-4-9-18(20)29-19(13-22(28)24(25,26)27)21-12-16(14-35-21)15-7-6-8-17(11-15)36(3,32)33/h4-12,14,28H,13H2,1-3H3. The number of benzene rings is 2. The monoisotopic (exact) mass is 537 g/mol. The number of hydrogen-bond acceptors (Lipinski definition) is 7. The quantitative estimate of drug-likeness (QED) is 0.375. The van der Waals surface area contributed by atoms with Crippen molar-refractivity contribution in [2.75, 3.05) is 20.4 Å². The van der Waals surface area contributed by atoms with E-state index in [0.29, 0.717) is 16.0 Å². The Labute approximate surface area is 210 Å². The zero-order valence-corrected chi connectivity index (χ0v) is 21.1. The van der Waals surface area contributed by atoms with Crippen molar-refractivity contribution in [3.63, 3.8) is 0 Å². The minimum Gasteiger partial charge on any atom is -0.408 e. The molecule has 3 aromatic rings. The summed E-state index contributed by atoms with van der Waals surface area (Å²) in [5, 5.41) is 9.18. The zero-order valence-electron chi connectivity index (χ0n) is 19.5. The molecule has 0 aliphatic heterocycles. The van der Waals surface area contributed by atoms with Gasteiger partial charge in [0.2, 0.25) is 0 Å². The van der Waals surface area contributed by atoms with Crippen molar-refractivity contribution in [1.29, 1.82) is 5.41 Å². The van der Waals surface area contributed by atoms with Crippen molar-refractivity contribution in [3.8, 4) is 16.9 Å². The van der Waals surface area contributed by atoms with E-state index in [1.54, 1.807) is 35.7 Å². The number of carbonyl (C=O) groups excluding carboxylic acids is 1. The summed E-state index contributed by atoms with van der Waals surface area (Å²) in [4.78, 5) is 18.0. The van der Waals surface area contributed by atoms with Crippen molar-refractivity contribution in [3.05, 3.63) is 64.9 Å². The average molecular weight is 538 g/mol. The van der Waals surface area contributed by atoms with E-state index in [0.717, 1.165) is 17.6 Å². The number of thiophene rings is 1. The molecule has 36 heavy (non-hydrogen) atoms. The predicted octanol–water partition coefficient (Wildman–Crippen LogP) is 5.97. The van der Waals surface area contributed by atoms with E-state index < -0.39 is 34.2 Å². The highest BCUT2D eigenvalue weighted by atomic mass is 32.2. The second kappa shape index (κ2) is 10.6. The number of rotatable bonds is 7. The summed E-state index contributed by atoms with van der Waals surface area (Å²) in [5.41, 5.74) is -0.281. The summed E-state index contributed by atoms with van der Waals surface area (Å²) in [6, 6.07) is 13.9. The van der Waals surface area contributed by atoms with E-state index in [2.05, 4.69) is 4.99 Å². The van der Waals surface area contributed by atoms with Crippen LogP contribution in [-0.4, -0.2) is 57.4 Å². The number of sulfone groups is 1. The van der Waals surface area contributed by atoms with Gasteiger partial charge in [-0.25, -0.2) is 18.2 Å². The molecule has 0 atom stereocenters. The van der Waals surface area contributed by atoms with Gasteiger partial charge in [-0.2, -0.15) is 13.2 Å². The molecule has 12 heteroatoms. The highest BCUT2D eigenvalue weighted by molar-refractivity contribution is 7.90. The molecule has 0 saturated carbocycles. The van der Waals surface area contributed by atoms with Gasteiger partial charge in [-0.1, -0.05) is 24.3 Å². The fourth-order valence-electron chi connectivity index (χ4n) is 2.96. The third kappa shape index (κ3) is 6.79. The molecule has 190 valence electrons. The summed E-state index contributed by atoms with van der Waals surface area (Å²) >= 11 is 1.10. The van der Waals surface area contributed by atoms with E-state index >= 15 is 0 Å². The van der Waals surface area contributed by atoms with Crippen LogP contribution in [0.4, 0.5) is 23.7 Å². The largest absolute Gasteiger partial charge is 0.429 e. The van der Waals surface area contributed by atoms with Gasteiger partial charge in [0, 0.05) is 31.6 Å². The van der Waals surface area contributed by atoms with Gasteiger partial charge in [0.15, 0.2) is 15.6 Å². The number of carbonyl (C=O) groups is 1. The van der Waals surface area contributed by atoms with Crippen LogP contribution in [0.5, 0.6) is 5.75 Å². The van der Waals surface area contributed by atoms with Gasteiger partial charge in [-0.15, -0.1) is 11.3 Å². The van der Waals surface area contributed by atoms with Crippen molar-refractivity contribution >= 4 is 44.4 Å². The van der Waals surface area contributed by atoms with Crippen LogP contribution < -0.4 is 4.74 Å². The molecule has 1 amide bonds. The molecule has 0 fully saturated rings. The molecule has 1 heterocycles. The third-order valence-electron chi connectivity index (χ3n) is 4.85. The van der Waals surface area contributed by atoms with Crippen LogP contribution in [0.3, 0.4) is 0 Å². The maximum atomic E-state index is 13.2. The molecule has 2 aromatic carbocycles. The average Bonchev–Trinajstić information content (AvgIpc) is 3.29. The summed E-state index contributed by atoms with van der Waals surface area (Å²) in [6.45, 7) is 0. The Morgan fingerprint density at radius 1 is 1.08 bits per heavy atom. The first kappa shape index (κ1) is 27.1. The molecule has 0 aliphatic carbocycles. The van der Waals surface area contributed by atoms with Gasteiger partial charge in [0.1, 0.15) is 11.4 Å². The first-order valence-corrected chi connectivity index (χ1v) is 13.1. The minimum atomic E-state index is -4.85. The van der Waals surface area contributed by atoms with E-state index in [1.807, 2.05) is 0 Å².